The van der Waals surface area contributed by atoms with E-state index in [9.17, 15) is 4.39 Å². The van der Waals surface area contributed by atoms with Crippen LogP contribution in [-0.4, -0.2) is 26.7 Å². The van der Waals surface area contributed by atoms with Gasteiger partial charge in [-0.3, -0.25) is 9.36 Å². The SMILES string of the molecule is COc1ccc(Cl)c(CNc2cnn(Cc3ccc(C(C)n4cccn4)cc3)c2)c1F. The van der Waals surface area contributed by atoms with Gasteiger partial charge in [-0.05, 0) is 36.2 Å². The molecule has 2 heterocycles. The summed E-state index contributed by atoms with van der Waals surface area (Å²) in [5, 5.41) is 12.2. The lowest BCUT2D eigenvalue weighted by atomic mass is 10.1. The molecule has 0 aliphatic heterocycles. The number of nitrogens with zero attached hydrogens (tertiary/aromatic N) is 4. The molecule has 160 valence electrons. The molecule has 0 radical (unpaired) electrons. The van der Waals surface area contributed by atoms with Gasteiger partial charge in [-0.2, -0.15) is 10.2 Å². The van der Waals surface area contributed by atoms with E-state index in [1.165, 1.54) is 18.7 Å². The molecular formula is C23H23ClFN5O. The molecule has 0 spiro atoms. The van der Waals surface area contributed by atoms with Crippen molar-refractivity contribution >= 4 is 17.3 Å². The number of nitrogens with one attached hydrogen (secondary N) is 1. The second-order valence-electron chi connectivity index (χ2n) is 7.23. The smallest absolute Gasteiger partial charge is 0.171 e. The topological polar surface area (TPSA) is 56.9 Å². The summed E-state index contributed by atoms with van der Waals surface area (Å²) < 4.78 is 23.2. The van der Waals surface area contributed by atoms with Gasteiger partial charge in [0.25, 0.3) is 0 Å². The lowest BCUT2D eigenvalue weighted by molar-refractivity contribution is 0.384. The number of halogens is 2. The number of aromatic nitrogens is 4. The largest absolute Gasteiger partial charge is 0.494 e. The molecule has 4 rings (SSSR count). The Morgan fingerprint density at radius 2 is 1.97 bits per heavy atom. The maximum absolute atomic E-state index is 14.4. The molecule has 0 saturated carbocycles. The van der Waals surface area contributed by atoms with Crippen LogP contribution in [0.1, 0.15) is 29.7 Å². The van der Waals surface area contributed by atoms with E-state index in [2.05, 4.69) is 46.7 Å². The highest BCUT2D eigenvalue weighted by Crippen LogP contribution is 2.28. The van der Waals surface area contributed by atoms with Crippen molar-refractivity contribution in [3.63, 3.8) is 0 Å². The summed E-state index contributed by atoms with van der Waals surface area (Å²) in [6.07, 6.45) is 7.33. The predicted octanol–water partition coefficient (Wildman–Crippen LogP) is 5.15. The van der Waals surface area contributed by atoms with Crippen LogP contribution in [0, 0.1) is 5.82 Å². The van der Waals surface area contributed by atoms with E-state index >= 15 is 0 Å². The first-order valence-electron chi connectivity index (χ1n) is 9.90. The van der Waals surface area contributed by atoms with Gasteiger partial charge >= 0.3 is 0 Å². The third kappa shape index (κ3) is 4.72. The molecule has 0 saturated heterocycles. The van der Waals surface area contributed by atoms with Crippen LogP contribution >= 0.6 is 11.6 Å². The van der Waals surface area contributed by atoms with Crippen LogP contribution in [0.5, 0.6) is 5.75 Å². The fourth-order valence-electron chi connectivity index (χ4n) is 3.38. The highest BCUT2D eigenvalue weighted by molar-refractivity contribution is 6.31. The highest BCUT2D eigenvalue weighted by atomic mass is 35.5. The summed E-state index contributed by atoms with van der Waals surface area (Å²) in [7, 11) is 1.43. The van der Waals surface area contributed by atoms with Gasteiger partial charge in [0.2, 0.25) is 0 Å². The Bertz CT molecular complexity index is 1140. The molecule has 0 fully saturated rings. The highest BCUT2D eigenvalue weighted by Gasteiger charge is 2.13. The van der Waals surface area contributed by atoms with Crippen LogP contribution in [0.15, 0.2) is 67.3 Å². The van der Waals surface area contributed by atoms with Gasteiger partial charge in [0.1, 0.15) is 0 Å². The van der Waals surface area contributed by atoms with Gasteiger partial charge in [0.05, 0.1) is 31.6 Å². The van der Waals surface area contributed by atoms with Crippen molar-refractivity contribution in [1.82, 2.24) is 19.6 Å². The second-order valence-corrected chi connectivity index (χ2v) is 7.63. The maximum atomic E-state index is 14.4. The zero-order chi connectivity index (χ0) is 21.8. The zero-order valence-electron chi connectivity index (χ0n) is 17.3. The van der Waals surface area contributed by atoms with E-state index in [1.807, 2.05) is 27.8 Å². The Morgan fingerprint density at radius 3 is 2.68 bits per heavy atom. The molecule has 8 heteroatoms. The molecule has 0 bridgehead atoms. The minimum atomic E-state index is -0.459. The van der Waals surface area contributed by atoms with Crippen LogP contribution in [0.2, 0.25) is 5.02 Å². The molecule has 1 N–H and O–H groups in total. The maximum Gasteiger partial charge on any atom is 0.171 e. The third-order valence-corrected chi connectivity index (χ3v) is 5.56. The lowest BCUT2D eigenvalue weighted by Crippen LogP contribution is -2.07. The van der Waals surface area contributed by atoms with Crippen molar-refractivity contribution in [2.45, 2.75) is 26.1 Å². The lowest BCUT2D eigenvalue weighted by Gasteiger charge is -2.13. The number of hydrogen-bond acceptors (Lipinski definition) is 4. The summed E-state index contributed by atoms with van der Waals surface area (Å²) in [6, 6.07) is 13.6. The summed E-state index contributed by atoms with van der Waals surface area (Å²) >= 11 is 6.14. The number of hydrogen-bond donors (Lipinski definition) is 1. The predicted molar refractivity (Wildman–Crippen MR) is 119 cm³/mol. The summed E-state index contributed by atoms with van der Waals surface area (Å²) in [5.41, 5.74) is 3.46. The molecule has 4 aromatic rings. The van der Waals surface area contributed by atoms with E-state index in [0.29, 0.717) is 17.1 Å². The van der Waals surface area contributed by atoms with E-state index in [1.54, 1.807) is 18.5 Å². The van der Waals surface area contributed by atoms with E-state index in [0.717, 1.165) is 11.3 Å². The van der Waals surface area contributed by atoms with Gasteiger partial charge < -0.3 is 10.1 Å². The molecule has 6 nitrogen and oxygen atoms in total. The normalized spacial score (nSPS) is 12.0. The number of anilines is 1. The van der Waals surface area contributed by atoms with Gasteiger partial charge in [0, 0.05) is 35.7 Å². The summed E-state index contributed by atoms with van der Waals surface area (Å²) in [5.74, 6) is -0.290. The van der Waals surface area contributed by atoms with Crippen LogP contribution in [-0.2, 0) is 13.1 Å². The fourth-order valence-corrected chi connectivity index (χ4v) is 3.59. The summed E-state index contributed by atoms with van der Waals surface area (Å²) in [4.78, 5) is 0. The van der Waals surface area contributed by atoms with E-state index in [4.69, 9.17) is 16.3 Å². The molecule has 2 aromatic heterocycles. The fraction of sp³-hybridized carbons (Fsp3) is 0.217. The molecular weight excluding hydrogens is 417 g/mol. The van der Waals surface area contributed by atoms with Gasteiger partial charge in [-0.1, -0.05) is 35.9 Å². The minimum Gasteiger partial charge on any atom is -0.494 e. The first-order chi connectivity index (χ1) is 15.0. The van der Waals surface area contributed by atoms with Crippen molar-refractivity contribution in [1.29, 1.82) is 0 Å². The monoisotopic (exact) mass is 439 g/mol. The second kappa shape index (κ2) is 9.22. The first kappa shape index (κ1) is 20.9. The van der Waals surface area contributed by atoms with Gasteiger partial charge in [0.15, 0.2) is 11.6 Å². The molecule has 1 atom stereocenters. The molecule has 0 aliphatic carbocycles. The zero-order valence-corrected chi connectivity index (χ0v) is 18.1. The van der Waals surface area contributed by atoms with E-state index < -0.39 is 5.82 Å². The molecule has 0 amide bonds. The Balaban J connectivity index is 1.38. The average molecular weight is 440 g/mol. The van der Waals surface area contributed by atoms with Crippen LogP contribution < -0.4 is 10.1 Å². The number of methoxy groups -OCH3 is 1. The Kier molecular flexibility index (Phi) is 6.23. The Morgan fingerprint density at radius 1 is 1.16 bits per heavy atom. The van der Waals surface area contributed by atoms with Crippen LogP contribution in [0.3, 0.4) is 0 Å². The van der Waals surface area contributed by atoms with Gasteiger partial charge in [-0.25, -0.2) is 4.39 Å². The molecule has 2 aromatic carbocycles. The molecule has 1 unspecified atom stereocenters. The van der Waals surface area contributed by atoms with Crippen molar-refractivity contribution in [3.8, 4) is 5.75 Å². The first-order valence-corrected chi connectivity index (χ1v) is 10.3. The van der Waals surface area contributed by atoms with Crippen molar-refractivity contribution in [2.24, 2.45) is 0 Å². The number of benzene rings is 2. The van der Waals surface area contributed by atoms with Crippen LogP contribution in [0.25, 0.3) is 0 Å². The number of ether oxygens (including phenoxy) is 1. The molecule has 31 heavy (non-hydrogen) atoms. The van der Waals surface area contributed by atoms with Gasteiger partial charge in [-0.15, -0.1) is 0 Å². The standard InChI is InChI=1S/C23H23ClFN5O/c1-16(30-11-3-10-27-30)18-6-4-17(5-7-18)14-29-15-19(12-28-29)26-13-20-21(24)8-9-22(31-2)23(20)25/h3-12,15-16,26H,13-14H2,1-2H3. The molecule has 0 aliphatic rings. The Labute approximate surface area is 185 Å². The third-order valence-electron chi connectivity index (χ3n) is 5.20. The summed E-state index contributed by atoms with van der Waals surface area (Å²) in [6.45, 7) is 2.98. The van der Waals surface area contributed by atoms with E-state index in [-0.39, 0.29) is 18.3 Å². The minimum absolute atomic E-state index is 0.169. The van der Waals surface area contributed by atoms with Crippen LogP contribution in [0.4, 0.5) is 10.1 Å². The average Bonchev–Trinajstić information content (AvgIpc) is 3.46. The quantitative estimate of drug-likeness (QED) is 0.412. The van der Waals surface area contributed by atoms with Crippen molar-refractivity contribution in [3.05, 3.63) is 94.8 Å². The number of rotatable bonds is 8. The van der Waals surface area contributed by atoms with Crippen molar-refractivity contribution in [2.75, 3.05) is 12.4 Å². The van der Waals surface area contributed by atoms with Crippen molar-refractivity contribution < 1.29 is 9.13 Å². The Hall–Kier alpha value is -3.32.